The first kappa shape index (κ1) is 20.7. The third-order valence-corrected chi connectivity index (χ3v) is 5.63. The summed E-state index contributed by atoms with van der Waals surface area (Å²) >= 11 is 1.56. The number of methoxy groups -OCH3 is 4. The van der Waals surface area contributed by atoms with Gasteiger partial charge in [-0.05, 0) is 19.4 Å². The van der Waals surface area contributed by atoms with E-state index >= 15 is 0 Å². The lowest BCUT2D eigenvalue weighted by Gasteiger charge is -2.15. The number of thiophene rings is 1. The number of fused-ring (bicyclic) bond motifs is 1. The second kappa shape index (κ2) is 8.52. The van der Waals surface area contributed by atoms with E-state index < -0.39 is 5.97 Å². The van der Waals surface area contributed by atoms with Gasteiger partial charge in [0.25, 0.3) is 0 Å². The summed E-state index contributed by atoms with van der Waals surface area (Å²) in [4.78, 5) is 22.8. The molecule has 154 valence electrons. The van der Waals surface area contributed by atoms with Gasteiger partial charge in [0.2, 0.25) is 5.75 Å². The second-order valence-electron chi connectivity index (χ2n) is 6.24. The monoisotopic (exact) mass is 417 g/mol. The molecule has 1 aromatic carbocycles. The van der Waals surface area contributed by atoms with E-state index in [2.05, 4.69) is 15.3 Å². The highest BCUT2D eigenvalue weighted by molar-refractivity contribution is 7.18. The summed E-state index contributed by atoms with van der Waals surface area (Å²) < 4.78 is 21.0. The van der Waals surface area contributed by atoms with Crippen molar-refractivity contribution in [3.8, 4) is 17.2 Å². The first-order chi connectivity index (χ1) is 13.9. The largest absolute Gasteiger partial charge is 0.493 e. The van der Waals surface area contributed by atoms with Crippen LogP contribution in [0.3, 0.4) is 0 Å². The lowest BCUT2D eigenvalue weighted by molar-refractivity contribution is -0.139. The number of carbonyl (C=O) groups excluding carboxylic acids is 1. The van der Waals surface area contributed by atoms with E-state index in [0.717, 1.165) is 20.7 Å². The van der Waals surface area contributed by atoms with Crippen molar-refractivity contribution in [1.29, 1.82) is 0 Å². The van der Waals surface area contributed by atoms with E-state index in [0.29, 0.717) is 34.6 Å². The standard InChI is InChI=1S/C20H23N3O5S/c1-10-11(2)29-20-17(10)19(22-15(23-20)9-16(24)27-5)21-12-7-13(25-3)18(28-6)14(8-12)26-4/h7-8H,9H2,1-6H3,(H,21,22,23). The first-order valence-corrected chi connectivity index (χ1v) is 9.63. The number of esters is 1. The lowest BCUT2D eigenvalue weighted by atomic mass is 10.2. The summed E-state index contributed by atoms with van der Waals surface area (Å²) in [7, 11) is 6.02. The molecular formula is C20H23N3O5S. The van der Waals surface area contributed by atoms with Crippen LogP contribution in [0.2, 0.25) is 0 Å². The molecule has 0 saturated heterocycles. The van der Waals surface area contributed by atoms with Crippen LogP contribution >= 0.6 is 11.3 Å². The van der Waals surface area contributed by atoms with Crippen molar-refractivity contribution in [2.24, 2.45) is 0 Å². The van der Waals surface area contributed by atoms with Crippen molar-refractivity contribution in [3.05, 3.63) is 28.4 Å². The molecule has 3 aromatic rings. The minimum Gasteiger partial charge on any atom is -0.493 e. The molecule has 0 bridgehead atoms. The third-order valence-electron chi connectivity index (χ3n) is 4.53. The van der Waals surface area contributed by atoms with Crippen LogP contribution in [0.25, 0.3) is 10.2 Å². The molecule has 2 aromatic heterocycles. The molecule has 1 N–H and O–H groups in total. The normalized spacial score (nSPS) is 10.7. The van der Waals surface area contributed by atoms with Crippen molar-refractivity contribution in [2.75, 3.05) is 33.8 Å². The van der Waals surface area contributed by atoms with Crippen molar-refractivity contribution < 1.29 is 23.7 Å². The van der Waals surface area contributed by atoms with Crippen LogP contribution in [0.4, 0.5) is 11.5 Å². The van der Waals surface area contributed by atoms with Crippen LogP contribution in [-0.2, 0) is 16.0 Å². The molecule has 0 aliphatic rings. The number of nitrogens with zero attached hydrogens (tertiary/aromatic N) is 2. The third kappa shape index (κ3) is 4.04. The Morgan fingerprint density at radius 1 is 1.03 bits per heavy atom. The van der Waals surface area contributed by atoms with Gasteiger partial charge in [-0.3, -0.25) is 4.79 Å². The minimum atomic E-state index is -0.395. The van der Waals surface area contributed by atoms with Crippen LogP contribution in [0.1, 0.15) is 16.3 Å². The van der Waals surface area contributed by atoms with Gasteiger partial charge < -0.3 is 24.3 Å². The number of aryl methyl sites for hydroxylation is 2. The number of carbonyl (C=O) groups is 1. The smallest absolute Gasteiger partial charge is 0.313 e. The van der Waals surface area contributed by atoms with Gasteiger partial charge in [-0.2, -0.15) is 0 Å². The Labute approximate surface area is 172 Å². The number of nitrogens with one attached hydrogen (secondary N) is 1. The summed E-state index contributed by atoms with van der Waals surface area (Å²) in [6, 6.07) is 3.59. The number of ether oxygens (including phenoxy) is 4. The van der Waals surface area contributed by atoms with Crippen LogP contribution in [0.5, 0.6) is 17.2 Å². The SMILES string of the molecule is COC(=O)Cc1nc(Nc2cc(OC)c(OC)c(OC)c2)c2c(C)c(C)sc2n1. The highest BCUT2D eigenvalue weighted by atomic mass is 32.1. The van der Waals surface area contributed by atoms with Crippen LogP contribution < -0.4 is 19.5 Å². The van der Waals surface area contributed by atoms with Gasteiger partial charge in [-0.1, -0.05) is 0 Å². The summed E-state index contributed by atoms with van der Waals surface area (Å²) in [5.74, 6) is 2.14. The average molecular weight is 417 g/mol. The van der Waals surface area contributed by atoms with Gasteiger partial charge >= 0.3 is 5.97 Å². The Hall–Kier alpha value is -3.07. The Kier molecular flexibility index (Phi) is 6.07. The van der Waals surface area contributed by atoms with Crippen LogP contribution in [0.15, 0.2) is 12.1 Å². The lowest BCUT2D eigenvalue weighted by Crippen LogP contribution is -2.09. The fourth-order valence-electron chi connectivity index (χ4n) is 2.95. The number of hydrogen-bond donors (Lipinski definition) is 1. The van der Waals surface area contributed by atoms with Gasteiger partial charge in [0.1, 0.15) is 22.9 Å². The van der Waals surface area contributed by atoms with Crippen molar-refractivity contribution in [2.45, 2.75) is 20.3 Å². The maximum Gasteiger partial charge on any atom is 0.313 e. The molecule has 0 atom stereocenters. The molecule has 2 heterocycles. The highest BCUT2D eigenvalue weighted by Crippen LogP contribution is 2.41. The van der Waals surface area contributed by atoms with Gasteiger partial charge in [0.05, 0.1) is 33.8 Å². The molecule has 0 aliphatic carbocycles. The van der Waals surface area contributed by atoms with Gasteiger partial charge in [-0.15, -0.1) is 11.3 Å². The molecule has 0 amide bonds. The molecule has 8 nitrogen and oxygen atoms in total. The molecule has 0 spiro atoms. The zero-order valence-electron chi connectivity index (χ0n) is 17.2. The van der Waals surface area contributed by atoms with Gasteiger partial charge in [0, 0.05) is 22.7 Å². The van der Waals surface area contributed by atoms with Crippen molar-refractivity contribution in [1.82, 2.24) is 9.97 Å². The maximum atomic E-state index is 11.7. The predicted molar refractivity (Wildman–Crippen MR) is 112 cm³/mol. The van der Waals surface area contributed by atoms with Crippen molar-refractivity contribution >= 4 is 39.0 Å². The average Bonchev–Trinajstić information content (AvgIpc) is 3.00. The summed E-state index contributed by atoms with van der Waals surface area (Å²) in [5.41, 5.74) is 1.79. The van der Waals surface area contributed by atoms with E-state index in [1.807, 2.05) is 13.8 Å². The molecule has 9 heteroatoms. The number of anilines is 2. The Bertz CT molecular complexity index is 1040. The quantitative estimate of drug-likeness (QED) is 0.581. The number of benzene rings is 1. The van der Waals surface area contributed by atoms with E-state index in [-0.39, 0.29) is 6.42 Å². The number of rotatable bonds is 7. The van der Waals surface area contributed by atoms with E-state index in [1.54, 1.807) is 44.8 Å². The zero-order chi connectivity index (χ0) is 21.1. The van der Waals surface area contributed by atoms with E-state index in [1.165, 1.54) is 7.11 Å². The molecule has 0 unspecified atom stereocenters. The first-order valence-electron chi connectivity index (χ1n) is 8.82. The summed E-state index contributed by atoms with van der Waals surface area (Å²) in [6.45, 7) is 4.06. The van der Waals surface area contributed by atoms with Gasteiger partial charge in [0.15, 0.2) is 11.5 Å². The summed E-state index contributed by atoms with van der Waals surface area (Å²) in [6.07, 6.45) is -0.00757. The highest BCUT2D eigenvalue weighted by Gasteiger charge is 2.19. The molecule has 29 heavy (non-hydrogen) atoms. The molecule has 3 rings (SSSR count). The van der Waals surface area contributed by atoms with Gasteiger partial charge in [-0.25, -0.2) is 9.97 Å². The maximum absolute atomic E-state index is 11.7. The van der Waals surface area contributed by atoms with Crippen molar-refractivity contribution in [3.63, 3.8) is 0 Å². The van der Waals surface area contributed by atoms with Crippen LogP contribution in [-0.4, -0.2) is 44.4 Å². The summed E-state index contributed by atoms with van der Waals surface area (Å²) in [5, 5.41) is 4.23. The van der Waals surface area contributed by atoms with E-state index in [9.17, 15) is 4.79 Å². The van der Waals surface area contributed by atoms with E-state index in [4.69, 9.17) is 18.9 Å². The molecule has 0 aliphatic heterocycles. The second-order valence-corrected chi connectivity index (χ2v) is 7.45. The minimum absolute atomic E-state index is 0.00757. The number of aromatic nitrogens is 2. The predicted octanol–water partition coefficient (Wildman–Crippen LogP) is 3.79. The number of hydrogen-bond acceptors (Lipinski definition) is 9. The molecular weight excluding hydrogens is 394 g/mol. The zero-order valence-corrected chi connectivity index (χ0v) is 18.0. The molecule has 0 fully saturated rings. The molecule has 0 radical (unpaired) electrons. The Balaban J connectivity index is 2.12. The fourth-order valence-corrected chi connectivity index (χ4v) is 4.00. The van der Waals surface area contributed by atoms with Crippen LogP contribution in [0, 0.1) is 13.8 Å². The topological polar surface area (TPSA) is 91.8 Å². The molecule has 0 saturated carbocycles. The Morgan fingerprint density at radius 3 is 2.24 bits per heavy atom. The Morgan fingerprint density at radius 2 is 1.69 bits per heavy atom. The fraction of sp³-hybridized carbons (Fsp3) is 0.350.